The second-order valence-electron chi connectivity index (χ2n) is 5.85. The molecule has 0 radical (unpaired) electrons. The van der Waals surface area contributed by atoms with E-state index in [1.54, 1.807) is 0 Å². The van der Waals surface area contributed by atoms with Crippen molar-refractivity contribution in [2.75, 3.05) is 37.7 Å². The Morgan fingerprint density at radius 3 is 2.48 bits per heavy atom. The Balaban J connectivity index is 2.10. The lowest BCUT2D eigenvalue weighted by atomic mass is 9.99. The van der Waals surface area contributed by atoms with E-state index in [1.807, 2.05) is 4.90 Å². The molecule has 7 heteroatoms. The van der Waals surface area contributed by atoms with Crippen LogP contribution in [0.5, 0.6) is 0 Å². The van der Waals surface area contributed by atoms with Crippen LogP contribution in [0.25, 0.3) is 0 Å². The van der Waals surface area contributed by atoms with Gasteiger partial charge in [-0.05, 0) is 26.0 Å². The molecule has 0 spiro atoms. The molecule has 1 aromatic heterocycles. The fraction of sp³-hybridized carbons (Fsp3) is 0.643. The third-order valence-corrected chi connectivity index (χ3v) is 3.84. The van der Waals surface area contributed by atoms with Gasteiger partial charge in [-0.3, -0.25) is 4.90 Å². The molecular formula is C14H20F3N3O. The van der Waals surface area contributed by atoms with Crippen molar-refractivity contribution in [1.82, 2.24) is 9.88 Å². The zero-order valence-corrected chi connectivity index (χ0v) is 12.2. The van der Waals surface area contributed by atoms with E-state index in [4.69, 9.17) is 5.11 Å². The minimum atomic E-state index is -4.36. The van der Waals surface area contributed by atoms with Gasteiger partial charge in [0.15, 0.2) is 0 Å². The monoisotopic (exact) mass is 303 g/mol. The zero-order valence-electron chi connectivity index (χ0n) is 12.2. The third kappa shape index (κ3) is 3.65. The summed E-state index contributed by atoms with van der Waals surface area (Å²) < 4.78 is 37.6. The first-order valence-electron chi connectivity index (χ1n) is 6.88. The van der Waals surface area contributed by atoms with E-state index in [9.17, 15) is 13.2 Å². The number of piperazine rings is 1. The molecule has 0 aliphatic carbocycles. The topological polar surface area (TPSA) is 39.6 Å². The molecule has 2 rings (SSSR count). The summed E-state index contributed by atoms with van der Waals surface area (Å²) in [6.45, 7) is 6.89. The summed E-state index contributed by atoms with van der Waals surface area (Å²) >= 11 is 0. The van der Waals surface area contributed by atoms with Gasteiger partial charge in [0.25, 0.3) is 0 Å². The number of anilines is 1. The van der Waals surface area contributed by atoms with E-state index >= 15 is 0 Å². The minimum Gasteiger partial charge on any atom is -0.395 e. The number of aromatic nitrogens is 1. The molecule has 118 valence electrons. The fourth-order valence-electron chi connectivity index (χ4n) is 2.66. The molecule has 0 saturated carbocycles. The number of nitrogens with zero attached hydrogens (tertiary/aromatic N) is 3. The van der Waals surface area contributed by atoms with Gasteiger partial charge in [0, 0.05) is 37.9 Å². The molecule has 1 aliphatic rings. The Morgan fingerprint density at radius 1 is 1.29 bits per heavy atom. The fourth-order valence-corrected chi connectivity index (χ4v) is 2.66. The Labute approximate surface area is 122 Å². The number of aliphatic hydroxyl groups is 1. The molecule has 4 nitrogen and oxygen atoms in total. The summed E-state index contributed by atoms with van der Waals surface area (Å²) in [5, 5.41) is 9.07. The minimum absolute atomic E-state index is 0.0992. The van der Waals surface area contributed by atoms with Crippen molar-refractivity contribution in [2.45, 2.75) is 25.6 Å². The highest BCUT2D eigenvalue weighted by Crippen LogP contribution is 2.30. The first-order valence-corrected chi connectivity index (χ1v) is 6.88. The van der Waals surface area contributed by atoms with E-state index in [1.165, 1.54) is 6.07 Å². The molecule has 0 bridgehead atoms. The second-order valence-corrected chi connectivity index (χ2v) is 5.85. The SMILES string of the molecule is CC1(C)CN(c2ccc(C(F)(F)F)cn2)CCN1CCO. The molecule has 1 saturated heterocycles. The van der Waals surface area contributed by atoms with Gasteiger partial charge in [0.05, 0.1) is 12.2 Å². The van der Waals surface area contributed by atoms with Gasteiger partial charge in [0.2, 0.25) is 0 Å². The number of aliphatic hydroxyl groups excluding tert-OH is 1. The number of alkyl halides is 3. The summed E-state index contributed by atoms with van der Waals surface area (Å²) in [5.74, 6) is 0.555. The molecule has 1 aliphatic heterocycles. The summed E-state index contributed by atoms with van der Waals surface area (Å²) in [7, 11) is 0. The standard InChI is InChI=1S/C14H20F3N3O/c1-13(2)10-19(5-6-20(13)7-8-21)12-4-3-11(9-18-12)14(15,16)17/h3-4,9,21H,5-8,10H2,1-2H3. The van der Waals surface area contributed by atoms with Gasteiger partial charge >= 0.3 is 6.18 Å². The predicted molar refractivity (Wildman–Crippen MR) is 74.2 cm³/mol. The summed E-state index contributed by atoms with van der Waals surface area (Å²) in [6.07, 6.45) is -3.48. The first-order chi connectivity index (χ1) is 9.74. The van der Waals surface area contributed by atoms with E-state index in [-0.39, 0.29) is 12.1 Å². The van der Waals surface area contributed by atoms with Crippen molar-refractivity contribution in [2.24, 2.45) is 0 Å². The number of rotatable bonds is 3. The van der Waals surface area contributed by atoms with Crippen LogP contribution in [0.2, 0.25) is 0 Å². The van der Waals surface area contributed by atoms with Crippen LogP contribution in [0.1, 0.15) is 19.4 Å². The highest BCUT2D eigenvalue weighted by atomic mass is 19.4. The number of hydrogen-bond acceptors (Lipinski definition) is 4. The van der Waals surface area contributed by atoms with Crippen LogP contribution in [0.15, 0.2) is 18.3 Å². The van der Waals surface area contributed by atoms with Crippen LogP contribution in [-0.2, 0) is 6.18 Å². The second kappa shape index (κ2) is 5.81. The van der Waals surface area contributed by atoms with E-state index < -0.39 is 11.7 Å². The first kappa shape index (κ1) is 16.0. The average molecular weight is 303 g/mol. The molecule has 1 aromatic rings. The highest BCUT2D eigenvalue weighted by Gasteiger charge is 2.34. The van der Waals surface area contributed by atoms with Crippen molar-refractivity contribution >= 4 is 5.82 Å². The molecule has 0 atom stereocenters. The zero-order chi connectivity index (χ0) is 15.7. The molecule has 0 unspecified atom stereocenters. The van der Waals surface area contributed by atoms with Crippen LogP contribution in [-0.4, -0.2) is 53.3 Å². The van der Waals surface area contributed by atoms with Crippen LogP contribution >= 0.6 is 0 Å². The lowest BCUT2D eigenvalue weighted by Crippen LogP contribution is -2.60. The van der Waals surface area contributed by atoms with Crippen molar-refractivity contribution in [1.29, 1.82) is 0 Å². The predicted octanol–water partition coefficient (Wildman–Crippen LogP) is 1.99. The number of halogens is 3. The Hall–Kier alpha value is -1.34. The van der Waals surface area contributed by atoms with Crippen molar-refractivity contribution in [3.8, 4) is 0 Å². The lowest BCUT2D eigenvalue weighted by molar-refractivity contribution is -0.137. The largest absolute Gasteiger partial charge is 0.417 e. The smallest absolute Gasteiger partial charge is 0.395 e. The maximum atomic E-state index is 12.5. The van der Waals surface area contributed by atoms with Gasteiger partial charge in [-0.1, -0.05) is 0 Å². The van der Waals surface area contributed by atoms with Gasteiger partial charge < -0.3 is 10.0 Å². The van der Waals surface area contributed by atoms with Crippen molar-refractivity contribution in [3.05, 3.63) is 23.9 Å². The summed E-state index contributed by atoms with van der Waals surface area (Å²) in [5.41, 5.74) is -0.893. The summed E-state index contributed by atoms with van der Waals surface area (Å²) in [6, 6.07) is 2.48. The Bertz CT molecular complexity index is 473. The maximum Gasteiger partial charge on any atom is 0.417 e. The number of pyridine rings is 1. The molecule has 0 amide bonds. The third-order valence-electron chi connectivity index (χ3n) is 3.84. The number of hydrogen-bond donors (Lipinski definition) is 1. The lowest BCUT2D eigenvalue weighted by Gasteiger charge is -2.47. The van der Waals surface area contributed by atoms with Crippen molar-refractivity contribution in [3.63, 3.8) is 0 Å². The molecule has 21 heavy (non-hydrogen) atoms. The molecule has 2 heterocycles. The maximum absolute atomic E-state index is 12.5. The molecule has 1 N–H and O–H groups in total. The van der Waals surface area contributed by atoms with E-state index in [2.05, 4.69) is 23.7 Å². The quantitative estimate of drug-likeness (QED) is 0.927. The normalized spacial score (nSPS) is 19.8. The van der Waals surface area contributed by atoms with Crippen LogP contribution < -0.4 is 4.90 Å². The molecule has 1 fully saturated rings. The Morgan fingerprint density at radius 2 is 2.00 bits per heavy atom. The average Bonchev–Trinajstić information content (AvgIpc) is 2.40. The van der Waals surface area contributed by atoms with Crippen molar-refractivity contribution < 1.29 is 18.3 Å². The van der Waals surface area contributed by atoms with Gasteiger partial charge in [-0.15, -0.1) is 0 Å². The van der Waals surface area contributed by atoms with E-state index in [0.29, 0.717) is 25.5 Å². The van der Waals surface area contributed by atoms with E-state index in [0.717, 1.165) is 18.8 Å². The van der Waals surface area contributed by atoms with Crippen LogP contribution in [0.3, 0.4) is 0 Å². The number of β-amino-alcohol motifs (C(OH)–C–C–N with tert-alkyl or cyclic N) is 1. The highest BCUT2D eigenvalue weighted by molar-refractivity contribution is 5.41. The molecular weight excluding hydrogens is 283 g/mol. The van der Waals surface area contributed by atoms with Gasteiger partial charge in [-0.25, -0.2) is 4.98 Å². The van der Waals surface area contributed by atoms with Gasteiger partial charge in [-0.2, -0.15) is 13.2 Å². The van der Waals surface area contributed by atoms with Gasteiger partial charge in [0.1, 0.15) is 5.82 Å². The molecule has 0 aromatic carbocycles. The Kier molecular flexibility index (Phi) is 4.43. The van der Waals surface area contributed by atoms with Crippen LogP contribution in [0, 0.1) is 0 Å². The van der Waals surface area contributed by atoms with Crippen LogP contribution in [0.4, 0.5) is 19.0 Å². The summed E-state index contributed by atoms with van der Waals surface area (Å²) in [4.78, 5) is 8.10.